The van der Waals surface area contributed by atoms with Gasteiger partial charge in [0.05, 0.1) is 0 Å². The number of aryl methyl sites for hydroxylation is 1. The SMILES string of the molecule is C1=CC2=C3B(C4CC=c5c(oc6ccccc56)=C24)n2c4c(c5ccccc52)CCC=C4C3C1. The van der Waals surface area contributed by atoms with Crippen LogP contribution >= 0.6 is 0 Å². The molecule has 0 radical (unpaired) electrons. The Kier molecular flexibility index (Phi) is 2.96. The zero-order valence-electron chi connectivity index (χ0n) is 18.3. The van der Waals surface area contributed by atoms with Crippen molar-refractivity contribution in [2.24, 2.45) is 5.92 Å². The van der Waals surface area contributed by atoms with E-state index in [-0.39, 0.29) is 0 Å². The fourth-order valence-corrected chi connectivity index (χ4v) is 7.75. The molecule has 33 heavy (non-hydrogen) atoms. The van der Waals surface area contributed by atoms with Gasteiger partial charge in [0.25, 0.3) is 6.85 Å². The lowest BCUT2D eigenvalue weighted by Gasteiger charge is -2.38. The first-order valence-electron chi connectivity index (χ1n) is 12.4. The lowest BCUT2D eigenvalue weighted by atomic mass is 9.42. The summed E-state index contributed by atoms with van der Waals surface area (Å²) >= 11 is 0. The van der Waals surface area contributed by atoms with Gasteiger partial charge < -0.3 is 8.90 Å². The van der Waals surface area contributed by atoms with Crippen molar-refractivity contribution >= 4 is 45.9 Å². The molecule has 3 aliphatic carbocycles. The van der Waals surface area contributed by atoms with Crippen LogP contribution in [-0.4, -0.2) is 11.3 Å². The molecular weight excluding hydrogens is 401 g/mol. The second kappa shape index (κ2) is 5.72. The van der Waals surface area contributed by atoms with Crippen molar-refractivity contribution in [2.75, 3.05) is 0 Å². The van der Waals surface area contributed by atoms with E-state index in [1.54, 1.807) is 16.6 Å². The smallest absolute Gasteiger partial charge is 0.299 e. The molecule has 3 heteroatoms. The normalized spacial score (nSPS) is 23.9. The maximum atomic E-state index is 6.59. The molecule has 2 nitrogen and oxygen atoms in total. The van der Waals surface area contributed by atoms with Crippen LogP contribution in [0.25, 0.3) is 39.1 Å². The molecule has 5 aliphatic rings. The van der Waals surface area contributed by atoms with E-state index in [1.165, 1.54) is 38.3 Å². The number of nitrogens with zero attached hydrogens (tertiary/aromatic N) is 1. The Bertz CT molecular complexity index is 1790. The van der Waals surface area contributed by atoms with Crippen molar-refractivity contribution in [3.05, 3.63) is 99.7 Å². The summed E-state index contributed by atoms with van der Waals surface area (Å²) in [5.74, 6) is 0.952. The predicted molar refractivity (Wildman–Crippen MR) is 135 cm³/mol. The van der Waals surface area contributed by atoms with Crippen LogP contribution in [0.4, 0.5) is 0 Å². The average molecular weight is 423 g/mol. The average Bonchev–Trinajstić information content (AvgIpc) is 3.51. The number of rotatable bonds is 0. The number of para-hydroxylation sites is 2. The Morgan fingerprint density at radius 3 is 2.79 bits per heavy atom. The largest absolute Gasteiger partial charge is 0.456 e. The number of hydrogen-bond donors (Lipinski definition) is 0. The number of hydrogen-bond acceptors (Lipinski definition) is 1. The number of fused-ring (bicyclic) bond motifs is 11. The summed E-state index contributed by atoms with van der Waals surface area (Å²) in [5, 5.41) is 4.02. The minimum absolute atomic E-state index is 0.395. The second-order valence-corrected chi connectivity index (χ2v) is 10.2. The molecule has 2 aliphatic heterocycles. The molecule has 0 spiro atoms. The molecule has 0 bridgehead atoms. The molecule has 2 aromatic carbocycles. The van der Waals surface area contributed by atoms with Crippen molar-refractivity contribution in [1.82, 2.24) is 4.48 Å². The van der Waals surface area contributed by atoms with Gasteiger partial charge in [0, 0.05) is 38.7 Å². The molecule has 2 atom stereocenters. The monoisotopic (exact) mass is 423 g/mol. The summed E-state index contributed by atoms with van der Waals surface area (Å²) < 4.78 is 9.32. The van der Waals surface area contributed by atoms with E-state index in [2.05, 4.69) is 77.3 Å². The van der Waals surface area contributed by atoms with Crippen LogP contribution in [-0.2, 0) is 6.42 Å². The minimum atomic E-state index is 0.395. The molecule has 9 rings (SSSR count). The topological polar surface area (TPSA) is 18.1 Å². The van der Waals surface area contributed by atoms with E-state index in [0.29, 0.717) is 18.6 Å². The zero-order chi connectivity index (χ0) is 21.3. The van der Waals surface area contributed by atoms with E-state index in [1.807, 2.05) is 0 Å². The van der Waals surface area contributed by atoms with Gasteiger partial charge in [-0.1, -0.05) is 66.2 Å². The van der Waals surface area contributed by atoms with Crippen molar-refractivity contribution in [1.29, 1.82) is 0 Å². The second-order valence-electron chi connectivity index (χ2n) is 10.2. The summed E-state index contributed by atoms with van der Waals surface area (Å²) in [7, 11) is 0. The van der Waals surface area contributed by atoms with Gasteiger partial charge in [-0.2, -0.15) is 0 Å². The van der Waals surface area contributed by atoms with Gasteiger partial charge in [-0.3, -0.25) is 0 Å². The van der Waals surface area contributed by atoms with Crippen LogP contribution in [0.1, 0.15) is 30.5 Å². The Balaban J connectivity index is 1.45. The van der Waals surface area contributed by atoms with E-state index in [0.717, 1.165) is 36.7 Å². The molecule has 4 heterocycles. The number of furan rings is 1. The third kappa shape index (κ3) is 1.88. The maximum Gasteiger partial charge on any atom is 0.299 e. The Morgan fingerprint density at radius 1 is 0.939 bits per heavy atom. The highest BCUT2D eigenvalue weighted by atomic mass is 16.3. The molecule has 4 aromatic rings. The van der Waals surface area contributed by atoms with Crippen LogP contribution < -0.4 is 10.6 Å². The summed E-state index contributed by atoms with van der Waals surface area (Å²) in [5.41, 5.74) is 12.8. The zero-order valence-corrected chi connectivity index (χ0v) is 18.3. The highest BCUT2D eigenvalue weighted by Gasteiger charge is 2.52. The predicted octanol–water partition coefficient (Wildman–Crippen LogP) is 5.40. The van der Waals surface area contributed by atoms with Gasteiger partial charge in [0.15, 0.2) is 0 Å². The van der Waals surface area contributed by atoms with Crippen LogP contribution in [0.3, 0.4) is 0 Å². The van der Waals surface area contributed by atoms with Crippen LogP contribution in [0.2, 0.25) is 5.82 Å². The van der Waals surface area contributed by atoms with E-state index < -0.39 is 0 Å². The molecular formula is C30H22BNO. The molecule has 0 fully saturated rings. The Morgan fingerprint density at radius 2 is 1.82 bits per heavy atom. The highest BCUT2D eigenvalue weighted by molar-refractivity contribution is 6.73. The molecule has 0 amide bonds. The molecule has 0 saturated carbocycles. The summed E-state index contributed by atoms with van der Waals surface area (Å²) in [4.78, 5) is 0. The molecule has 156 valence electrons. The van der Waals surface area contributed by atoms with Crippen LogP contribution in [0, 0.1) is 5.92 Å². The van der Waals surface area contributed by atoms with Gasteiger partial charge in [0.1, 0.15) is 11.0 Å². The Labute approximate surface area is 192 Å². The van der Waals surface area contributed by atoms with Crippen LogP contribution in [0.5, 0.6) is 0 Å². The molecule has 0 N–H and O–H groups in total. The van der Waals surface area contributed by atoms with E-state index >= 15 is 0 Å². The third-order valence-corrected chi connectivity index (χ3v) is 8.86. The lowest BCUT2D eigenvalue weighted by Crippen LogP contribution is -2.40. The number of allylic oxidation sites excluding steroid dienone is 6. The lowest BCUT2D eigenvalue weighted by molar-refractivity contribution is 0.568. The van der Waals surface area contributed by atoms with Gasteiger partial charge in [-0.25, -0.2) is 0 Å². The fraction of sp³-hybridized carbons (Fsp3) is 0.200. The number of aromatic nitrogens is 1. The van der Waals surface area contributed by atoms with Crippen LogP contribution in [0.15, 0.2) is 82.2 Å². The first-order valence-corrected chi connectivity index (χ1v) is 12.4. The standard InChI is InChI=1S/C30H22BNO/c1-3-13-25-17(7-1)20-10-6-11-21-19-9-5-12-23-27-24(31(28(19)23)32(25)29(20)21)16-15-22-18-8-2-4-14-26(18)33-30(22)27/h1-5,7-8,11-15,19,24H,6,9-10,16H2. The highest BCUT2D eigenvalue weighted by Crippen LogP contribution is 2.57. The van der Waals surface area contributed by atoms with Gasteiger partial charge in [-0.05, 0) is 60.3 Å². The van der Waals surface area contributed by atoms with Gasteiger partial charge in [0.2, 0.25) is 0 Å². The summed E-state index contributed by atoms with van der Waals surface area (Å²) in [6, 6.07) is 17.7. The molecule has 2 unspecified atom stereocenters. The van der Waals surface area contributed by atoms with Gasteiger partial charge >= 0.3 is 0 Å². The first-order chi connectivity index (χ1) is 16.4. The fourth-order valence-electron chi connectivity index (χ4n) is 7.75. The third-order valence-electron chi connectivity index (χ3n) is 8.86. The Hall–Kier alpha value is -3.46. The quantitative estimate of drug-likeness (QED) is 0.347. The van der Waals surface area contributed by atoms with Crippen molar-refractivity contribution in [3.63, 3.8) is 0 Å². The summed E-state index contributed by atoms with van der Waals surface area (Å²) in [6.45, 7) is 0.395. The van der Waals surface area contributed by atoms with Crippen molar-refractivity contribution in [2.45, 2.75) is 31.5 Å². The maximum absolute atomic E-state index is 6.59. The van der Waals surface area contributed by atoms with Crippen molar-refractivity contribution in [3.8, 4) is 0 Å². The molecule has 2 aromatic heterocycles. The van der Waals surface area contributed by atoms with Gasteiger partial charge in [-0.15, -0.1) is 0 Å². The summed E-state index contributed by atoms with van der Waals surface area (Å²) in [6.07, 6.45) is 14.4. The molecule has 0 saturated heterocycles. The minimum Gasteiger partial charge on any atom is -0.456 e. The number of benzene rings is 2. The first kappa shape index (κ1) is 17.1. The van der Waals surface area contributed by atoms with E-state index in [9.17, 15) is 0 Å². The van der Waals surface area contributed by atoms with Crippen molar-refractivity contribution < 1.29 is 4.42 Å². The van der Waals surface area contributed by atoms with E-state index in [4.69, 9.17) is 4.42 Å².